The normalized spacial score (nSPS) is 43.2. The van der Waals surface area contributed by atoms with Crippen molar-refractivity contribution >= 4 is 0 Å². The van der Waals surface area contributed by atoms with Crippen LogP contribution in [-0.2, 0) is 14.2 Å². The van der Waals surface area contributed by atoms with Gasteiger partial charge < -0.3 is 14.2 Å². The van der Waals surface area contributed by atoms with Crippen LogP contribution in [0.2, 0.25) is 0 Å². The molecule has 0 radical (unpaired) electrons. The van der Waals surface area contributed by atoms with Gasteiger partial charge in [-0.15, -0.1) is 0 Å². The lowest BCUT2D eigenvalue weighted by Gasteiger charge is -2.29. The van der Waals surface area contributed by atoms with E-state index in [1.807, 2.05) is 13.8 Å². The molecule has 1 saturated carbocycles. The Morgan fingerprint density at radius 1 is 1.23 bits per heavy atom. The first-order chi connectivity index (χ1) is 6.12. The van der Waals surface area contributed by atoms with Crippen molar-refractivity contribution in [2.75, 3.05) is 7.11 Å². The number of methoxy groups -OCH3 is 1. The molecule has 1 heterocycles. The van der Waals surface area contributed by atoms with Crippen LogP contribution >= 0.6 is 0 Å². The van der Waals surface area contributed by atoms with E-state index in [2.05, 4.69) is 0 Å². The monoisotopic (exact) mass is 186 g/mol. The molecule has 0 aromatic carbocycles. The molecule has 1 aliphatic heterocycles. The first kappa shape index (κ1) is 9.44. The van der Waals surface area contributed by atoms with E-state index in [0.717, 1.165) is 12.8 Å². The lowest BCUT2D eigenvalue weighted by molar-refractivity contribution is -0.155. The third kappa shape index (κ3) is 1.73. The summed E-state index contributed by atoms with van der Waals surface area (Å²) < 4.78 is 17.0. The number of hydrogen-bond acceptors (Lipinski definition) is 3. The molecule has 0 aromatic rings. The van der Waals surface area contributed by atoms with Crippen molar-refractivity contribution in [3.05, 3.63) is 0 Å². The van der Waals surface area contributed by atoms with Crippen molar-refractivity contribution in [2.24, 2.45) is 0 Å². The molecule has 13 heavy (non-hydrogen) atoms. The summed E-state index contributed by atoms with van der Waals surface area (Å²) in [7, 11) is 1.75. The molecule has 2 rings (SSSR count). The third-order valence-electron chi connectivity index (χ3n) is 2.87. The molecule has 1 saturated heterocycles. The second-order valence-electron chi connectivity index (χ2n) is 4.34. The zero-order chi connectivity index (χ0) is 9.47. The Morgan fingerprint density at radius 2 is 2.00 bits per heavy atom. The van der Waals surface area contributed by atoms with Gasteiger partial charge in [0.05, 0.1) is 12.2 Å². The summed E-state index contributed by atoms with van der Waals surface area (Å²) in [5.74, 6) is -0.420. The molecule has 3 heteroatoms. The first-order valence-corrected chi connectivity index (χ1v) is 5.01. The SMILES string of the molecule is COC1CCCC2OC(C)(C)OC12. The molecule has 2 aliphatic rings. The van der Waals surface area contributed by atoms with Crippen LogP contribution in [-0.4, -0.2) is 31.2 Å². The summed E-state index contributed by atoms with van der Waals surface area (Å²) in [6.45, 7) is 3.94. The van der Waals surface area contributed by atoms with Gasteiger partial charge >= 0.3 is 0 Å². The number of fused-ring (bicyclic) bond motifs is 1. The van der Waals surface area contributed by atoms with Gasteiger partial charge in [-0.3, -0.25) is 0 Å². The van der Waals surface area contributed by atoms with Gasteiger partial charge in [-0.1, -0.05) is 0 Å². The second kappa shape index (κ2) is 3.23. The van der Waals surface area contributed by atoms with Crippen molar-refractivity contribution in [2.45, 2.75) is 57.2 Å². The van der Waals surface area contributed by atoms with Crippen LogP contribution in [0, 0.1) is 0 Å². The Morgan fingerprint density at radius 3 is 2.69 bits per heavy atom. The van der Waals surface area contributed by atoms with Crippen molar-refractivity contribution in [1.82, 2.24) is 0 Å². The smallest absolute Gasteiger partial charge is 0.163 e. The average molecular weight is 186 g/mol. The van der Waals surface area contributed by atoms with Crippen LogP contribution in [0.5, 0.6) is 0 Å². The Kier molecular flexibility index (Phi) is 2.34. The van der Waals surface area contributed by atoms with Gasteiger partial charge in [0.15, 0.2) is 5.79 Å². The predicted octanol–water partition coefficient (Wildman–Crippen LogP) is 1.71. The van der Waals surface area contributed by atoms with Crippen LogP contribution in [0.15, 0.2) is 0 Å². The van der Waals surface area contributed by atoms with Crippen molar-refractivity contribution in [3.63, 3.8) is 0 Å². The fourth-order valence-electron chi connectivity index (χ4n) is 2.34. The van der Waals surface area contributed by atoms with E-state index in [0.29, 0.717) is 0 Å². The fraction of sp³-hybridized carbons (Fsp3) is 1.00. The van der Waals surface area contributed by atoms with Gasteiger partial charge in [0, 0.05) is 7.11 Å². The molecule has 1 aliphatic carbocycles. The lowest BCUT2D eigenvalue weighted by Crippen LogP contribution is -2.40. The van der Waals surface area contributed by atoms with Crippen LogP contribution in [0.1, 0.15) is 33.1 Å². The number of rotatable bonds is 1. The Balaban J connectivity index is 2.08. The molecule has 3 atom stereocenters. The molecular formula is C10H18O3. The lowest BCUT2D eigenvalue weighted by atomic mass is 9.92. The van der Waals surface area contributed by atoms with E-state index in [4.69, 9.17) is 14.2 Å². The zero-order valence-corrected chi connectivity index (χ0v) is 8.58. The minimum Gasteiger partial charge on any atom is -0.379 e. The van der Waals surface area contributed by atoms with Crippen LogP contribution in [0.3, 0.4) is 0 Å². The Bertz CT molecular complexity index is 191. The van der Waals surface area contributed by atoms with Gasteiger partial charge in [-0.25, -0.2) is 0 Å². The standard InChI is InChI=1S/C10H18O3/c1-10(2)12-8-6-4-5-7(11-3)9(8)13-10/h7-9H,4-6H2,1-3H3. The van der Waals surface area contributed by atoms with Crippen molar-refractivity contribution in [1.29, 1.82) is 0 Å². The number of ether oxygens (including phenoxy) is 3. The van der Waals surface area contributed by atoms with Gasteiger partial charge in [0.2, 0.25) is 0 Å². The summed E-state index contributed by atoms with van der Waals surface area (Å²) >= 11 is 0. The van der Waals surface area contributed by atoms with Crippen LogP contribution in [0.4, 0.5) is 0 Å². The second-order valence-corrected chi connectivity index (χ2v) is 4.34. The van der Waals surface area contributed by atoms with E-state index in [1.54, 1.807) is 7.11 Å². The quantitative estimate of drug-likeness (QED) is 0.624. The fourth-order valence-corrected chi connectivity index (χ4v) is 2.34. The summed E-state index contributed by atoms with van der Waals surface area (Å²) in [5.41, 5.74) is 0. The summed E-state index contributed by atoms with van der Waals surface area (Å²) in [6, 6.07) is 0. The van der Waals surface area contributed by atoms with Crippen molar-refractivity contribution in [3.8, 4) is 0 Å². The molecule has 0 bridgehead atoms. The maximum atomic E-state index is 5.81. The molecule has 3 unspecified atom stereocenters. The molecular weight excluding hydrogens is 168 g/mol. The largest absolute Gasteiger partial charge is 0.379 e. The molecule has 2 fully saturated rings. The molecule has 0 spiro atoms. The highest BCUT2D eigenvalue weighted by molar-refractivity contribution is 4.90. The van der Waals surface area contributed by atoms with Gasteiger partial charge in [-0.2, -0.15) is 0 Å². The minimum atomic E-state index is -0.420. The van der Waals surface area contributed by atoms with E-state index in [9.17, 15) is 0 Å². The van der Waals surface area contributed by atoms with Gasteiger partial charge in [-0.05, 0) is 33.1 Å². The predicted molar refractivity (Wildman–Crippen MR) is 48.5 cm³/mol. The Hall–Kier alpha value is -0.120. The Labute approximate surface area is 79.4 Å². The minimum absolute atomic E-state index is 0.147. The van der Waals surface area contributed by atoms with E-state index in [1.165, 1.54) is 6.42 Å². The maximum absolute atomic E-state index is 5.81. The zero-order valence-electron chi connectivity index (χ0n) is 8.58. The summed E-state index contributed by atoms with van der Waals surface area (Å²) in [5, 5.41) is 0. The molecule has 0 N–H and O–H groups in total. The molecule has 76 valence electrons. The topological polar surface area (TPSA) is 27.7 Å². The molecule has 0 aromatic heterocycles. The number of hydrogen-bond donors (Lipinski definition) is 0. The third-order valence-corrected chi connectivity index (χ3v) is 2.87. The van der Waals surface area contributed by atoms with Crippen LogP contribution in [0.25, 0.3) is 0 Å². The van der Waals surface area contributed by atoms with Crippen LogP contribution < -0.4 is 0 Å². The highest BCUT2D eigenvalue weighted by Gasteiger charge is 2.46. The van der Waals surface area contributed by atoms with E-state index in [-0.39, 0.29) is 18.3 Å². The molecule has 0 amide bonds. The maximum Gasteiger partial charge on any atom is 0.163 e. The summed E-state index contributed by atoms with van der Waals surface area (Å²) in [6.07, 6.45) is 3.99. The molecule has 3 nitrogen and oxygen atoms in total. The average Bonchev–Trinajstić information content (AvgIpc) is 2.37. The van der Waals surface area contributed by atoms with E-state index >= 15 is 0 Å². The highest BCUT2D eigenvalue weighted by atomic mass is 16.8. The van der Waals surface area contributed by atoms with Crippen molar-refractivity contribution < 1.29 is 14.2 Å². The highest BCUT2D eigenvalue weighted by Crippen LogP contribution is 2.37. The summed E-state index contributed by atoms with van der Waals surface area (Å²) in [4.78, 5) is 0. The van der Waals surface area contributed by atoms with Gasteiger partial charge in [0.1, 0.15) is 6.10 Å². The first-order valence-electron chi connectivity index (χ1n) is 5.01. The van der Waals surface area contributed by atoms with Gasteiger partial charge in [0.25, 0.3) is 0 Å². The van der Waals surface area contributed by atoms with E-state index < -0.39 is 5.79 Å².